The Hall–Kier alpha value is -1.82. The van der Waals surface area contributed by atoms with Crippen molar-refractivity contribution in [2.75, 3.05) is 12.3 Å². The molecule has 0 aliphatic carbocycles. The molecule has 0 amide bonds. The molecule has 0 radical (unpaired) electrons. The van der Waals surface area contributed by atoms with Crippen LogP contribution in [0.3, 0.4) is 0 Å². The smallest absolute Gasteiger partial charge is 0.390 e. The number of aromatic amines is 1. The van der Waals surface area contributed by atoms with Crippen LogP contribution >= 0.6 is 7.82 Å². The normalized spacial score (nSPS) is 25.7. The molecule has 5 N–H and O–H groups in total. The minimum absolute atomic E-state index is 0.0757. The van der Waals surface area contributed by atoms with Crippen molar-refractivity contribution in [2.24, 2.45) is 0 Å². The number of aliphatic hydroxyl groups excluding tert-OH is 1. The van der Waals surface area contributed by atoms with E-state index in [0.717, 1.165) is 0 Å². The van der Waals surface area contributed by atoms with Crippen LogP contribution in [0, 0.1) is 0 Å². The number of H-pyrrole nitrogens is 1. The fourth-order valence-corrected chi connectivity index (χ4v) is 3.81. The average Bonchev–Trinajstić information content (AvgIpc) is 3.06. The summed E-state index contributed by atoms with van der Waals surface area (Å²) in [5.41, 5.74) is 4.48. The van der Waals surface area contributed by atoms with Crippen molar-refractivity contribution in [3.63, 3.8) is 0 Å². The van der Waals surface area contributed by atoms with Crippen molar-refractivity contribution < 1.29 is 28.3 Å². The van der Waals surface area contributed by atoms with Gasteiger partial charge >= 0.3 is 7.82 Å². The van der Waals surface area contributed by atoms with Gasteiger partial charge in [0.15, 0.2) is 11.2 Å². The molecule has 13 heteroatoms. The average molecular weight is 403 g/mol. The zero-order valence-corrected chi connectivity index (χ0v) is 15.9. The highest BCUT2D eigenvalue weighted by atomic mass is 31.2. The summed E-state index contributed by atoms with van der Waals surface area (Å²) in [5, 5.41) is 10.2. The molecule has 0 saturated carbocycles. The van der Waals surface area contributed by atoms with Crippen LogP contribution in [-0.2, 0) is 18.3 Å². The largest absolute Gasteiger partial charge is 0.472 e. The Labute approximate surface area is 153 Å². The van der Waals surface area contributed by atoms with Crippen molar-refractivity contribution >= 4 is 24.9 Å². The summed E-state index contributed by atoms with van der Waals surface area (Å²) in [6, 6.07) is 0. The molecule has 0 bridgehead atoms. The van der Waals surface area contributed by atoms with Crippen LogP contribution in [0.4, 0.5) is 5.95 Å². The molecule has 1 aliphatic rings. The SMILES string of the molecule is CC(C)(C)OP(=O)(O)OCC1O[C@@H](n2cnc3c(=O)[nH]c(N)nc32)C[C@H]1O. The molecule has 1 aliphatic heterocycles. The molecular formula is C14H22N5O7P. The third-order valence-corrected chi connectivity index (χ3v) is 5.01. The van der Waals surface area contributed by atoms with Gasteiger partial charge in [-0.15, -0.1) is 0 Å². The van der Waals surface area contributed by atoms with E-state index < -0.39 is 37.4 Å². The van der Waals surface area contributed by atoms with Gasteiger partial charge in [0.05, 0.1) is 24.6 Å². The molecule has 3 heterocycles. The number of nitrogen functional groups attached to an aromatic ring is 1. The summed E-state index contributed by atoms with van der Waals surface area (Å²) in [7, 11) is -4.31. The lowest BCUT2D eigenvalue weighted by Crippen LogP contribution is -2.27. The standard InChI is InChI=1S/C14H22N5O7P/c1-14(2,3)26-27(22,23)24-5-8-7(20)4-9(25-8)19-6-16-10-11(19)17-13(15)18-12(10)21/h6-9,20H,4-5H2,1-3H3,(H,22,23)(H3,15,17,18,21)/t7-,8?,9-/m1/s1. The highest BCUT2D eigenvalue weighted by Gasteiger charge is 2.38. The van der Waals surface area contributed by atoms with Crippen LogP contribution in [0.25, 0.3) is 11.2 Å². The van der Waals surface area contributed by atoms with Crippen LogP contribution in [0.15, 0.2) is 11.1 Å². The second-order valence-corrected chi connectivity index (χ2v) is 8.55. The van der Waals surface area contributed by atoms with Gasteiger partial charge in [0.25, 0.3) is 5.56 Å². The molecule has 150 valence electrons. The van der Waals surface area contributed by atoms with Gasteiger partial charge in [0, 0.05) is 6.42 Å². The van der Waals surface area contributed by atoms with Crippen LogP contribution in [-0.4, -0.2) is 53.9 Å². The number of nitrogens with two attached hydrogens (primary N) is 1. The number of nitrogens with one attached hydrogen (secondary N) is 1. The summed E-state index contributed by atoms with van der Waals surface area (Å²) < 4.78 is 29.0. The number of hydrogen-bond acceptors (Lipinski definition) is 9. The minimum Gasteiger partial charge on any atom is -0.390 e. The topological polar surface area (TPSA) is 175 Å². The first-order chi connectivity index (χ1) is 12.5. The second kappa shape index (κ2) is 6.97. The van der Waals surface area contributed by atoms with Gasteiger partial charge in [-0.2, -0.15) is 4.98 Å². The van der Waals surface area contributed by atoms with E-state index in [-0.39, 0.29) is 30.1 Å². The Bertz CT molecular complexity index is 936. The molecule has 0 aromatic carbocycles. The fraction of sp³-hybridized carbons (Fsp3) is 0.643. The third-order valence-electron chi connectivity index (χ3n) is 3.76. The Kier molecular flexibility index (Phi) is 5.14. The van der Waals surface area contributed by atoms with Gasteiger partial charge in [0.1, 0.15) is 12.3 Å². The number of ether oxygens (including phenoxy) is 1. The van der Waals surface area contributed by atoms with E-state index in [4.69, 9.17) is 19.5 Å². The molecule has 1 saturated heterocycles. The van der Waals surface area contributed by atoms with Crippen LogP contribution in [0.2, 0.25) is 0 Å². The molecule has 0 spiro atoms. The van der Waals surface area contributed by atoms with Crippen molar-refractivity contribution in [3.8, 4) is 0 Å². The summed E-state index contributed by atoms with van der Waals surface area (Å²) >= 11 is 0. The maximum absolute atomic E-state index is 11.9. The van der Waals surface area contributed by atoms with E-state index >= 15 is 0 Å². The maximum atomic E-state index is 11.9. The number of nitrogens with zero attached hydrogens (tertiary/aromatic N) is 3. The highest BCUT2D eigenvalue weighted by molar-refractivity contribution is 7.47. The molecule has 27 heavy (non-hydrogen) atoms. The molecule has 2 aromatic heterocycles. The molecule has 1 fully saturated rings. The van der Waals surface area contributed by atoms with Gasteiger partial charge < -0.3 is 20.5 Å². The molecule has 2 unspecified atom stereocenters. The minimum atomic E-state index is -4.31. The first-order valence-corrected chi connectivity index (χ1v) is 9.69. The molecule has 2 aromatic rings. The number of fused-ring (bicyclic) bond motifs is 1. The van der Waals surface area contributed by atoms with Crippen molar-refractivity contribution in [3.05, 3.63) is 16.7 Å². The fourth-order valence-electron chi connectivity index (χ4n) is 2.73. The van der Waals surface area contributed by atoms with Gasteiger partial charge in [-0.3, -0.25) is 23.4 Å². The number of aromatic nitrogens is 4. The number of hydrogen-bond donors (Lipinski definition) is 4. The first-order valence-electron chi connectivity index (χ1n) is 8.19. The Morgan fingerprint density at radius 1 is 1.52 bits per heavy atom. The predicted molar refractivity (Wildman–Crippen MR) is 93.7 cm³/mol. The lowest BCUT2D eigenvalue weighted by atomic mass is 10.2. The summed E-state index contributed by atoms with van der Waals surface area (Å²) in [4.78, 5) is 32.0. The van der Waals surface area contributed by atoms with E-state index in [0.29, 0.717) is 0 Å². The Balaban J connectivity index is 1.72. The summed E-state index contributed by atoms with van der Waals surface area (Å²) in [5.74, 6) is -0.0757. The molecule has 12 nitrogen and oxygen atoms in total. The van der Waals surface area contributed by atoms with Crippen LogP contribution in [0.5, 0.6) is 0 Å². The van der Waals surface area contributed by atoms with Gasteiger partial charge in [-0.05, 0) is 20.8 Å². The quantitative estimate of drug-likeness (QED) is 0.507. The lowest BCUT2D eigenvalue weighted by molar-refractivity contribution is -0.0477. The maximum Gasteiger partial charge on any atom is 0.472 e. The second-order valence-electron chi connectivity index (χ2n) is 7.18. The number of rotatable bonds is 5. The Morgan fingerprint density at radius 3 is 2.89 bits per heavy atom. The van der Waals surface area contributed by atoms with E-state index in [1.165, 1.54) is 10.9 Å². The van der Waals surface area contributed by atoms with Crippen LogP contribution in [0.1, 0.15) is 33.4 Å². The van der Waals surface area contributed by atoms with E-state index in [9.17, 15) is 19.4 Å². The van der Waals surface area contributed by atoms with Gasteiger partial charge in [-0.1, -0.05) is 0 Å². The first kappa shape index (κ1) is 19.9. The third kappa shape index (κ3) is 4.54. The van der Waals surface area contributed by atoms with Crippen LogP contribution < -0.4 is 11.3 Å². The number of phosphoric acid groups is 1. The van der Waals surface area contributed by atoms with Crippen molar-refractivity contribution in [1.82, 2.24) is 19.5 Å². The Morgan fingerprint density at radius 2 is 2.22 bits per heavy atom. The number of aliphatic hydroxyl groups is 1. The molecular weight excluding hydrogens is 381 g/mol. The number of anilines is 1. The summed E-state index contributed by atoms with van der Waals surface area (Å²) in [6.07, 6.45) is -1.05. The van der Waals surface area contributed by atoms with E-state index in [1.54, 1.807) is 20.8 Å². The zero-order chi connectivity index (χ0) is 20.0. The zero-order valence-electron chi connectivity index (χ0n) is 15.0. The predicted octanol–water partition coefficient (Wildman–Crippen LogP) is 0.282. The lowest BCUT2D eigenvalue weighted by Gasteiger charge is -2.24. The molecule has 3 rings (SSSR count). The van der Waals surface area contributed by atoms with Gasteiger partial charge in [0.2, 0.25) is 5.95 Å². The monoisotopic (exact) mass is 403 g/mol. The van der Waals surface area contributed by atoms with Crippen molar-refractivity contribution in [2.45, 2.75) is 51.2 Å². The van der Waals surface area contributed by atoms with E-state index in [2.05, 4.69) is 15.0 Å². The number of imidazole rings is 1. The number of phosphoric ester groups is 1. The van der Waals surface area contributed by atoms with E-state index in [1.807, 2.05) is 0 Å². The molecule has 4 atom stereocenters. The highest BCUT2D eigenvalue weighted by Crippen LogP contribution is 2.47. The summed E-state index contributed by atoms with van der Waals surface area (Å²) in [6.45, 7) is 4.48. The van der Waals surface area contributed by atoms with Gasteiger partial charge in [-0.25, -0.2) is 9.55 Å². The van der Waals surface area contributed by atoms with Crippen molar-refractivity contribution in [1.29, 1.82) is 0 Å².